The van der Waals surface area contributed by atoms with Gasteiger partial charge in [0.15, 0.2) is 0 Å². The fourth-order valence-corrected chi connectivity index (χ4v) is 3.01. The minimum absolute atomic E-state index is 0.378. The molecule has 1 saturated heterocycles. The molecule has 4 heteroatoms. The van der Waals surface area contributed by atoms with Crippen LogP contribution in [0, 0.1) is 0 Å². The lowest BCUT2D eigenvalue weighted by Gasteiger charge is -2.29. The molecule has 0 saturated carbocycles. The van der Waals surface area contributed by atoms with Gasteiger partial charge in [0.25, 0.3) is 0 Å². The van der Waals surface area contributed by atoms with Crippen LogP contribution < -0.4 is 10.2 Å². The van der Waals surface area contributed by atoms with Crippen LogP contribution in [-0.2, 0) is 4.74 Å². The van der Waals surface area contributed by atoms with E-state index >= 15 is 0 Å². The Morgan fingerprint density at radius 3 is 2.72 bits per heavy atom. The number of morpholine rings is 1. The van der Waals surface area contributed by atoms with Crippen molar-refractivity contribution in [2.24, 2.45) is 0 Å². The number of nitrogens with one attached hydrogen (secondary N) is 1. The van der Waals surface area contributed by atoms with Crippen molar-refractivity contribution in [3.63, 3.8) is 0 Å². The highest BCUT2D eigenvalue weighted by Crippen LogP contribution is 2.28. The summed E-state index contributed by atoms with van der Waals surface area (Å²) in [5.41, 5.74) is 2.59. The third kappa shape index (κ3) is 3.25. The summed E-state index contributed by atoms with van der Waals surface area (Å²) in [7, 11) is 0. The molecule has 18 heavy (non-hydrogen) atoms. The van der Waals surface area contributed by atoms with Crippen molar-refractivity contribution in [3.05, 3.63) is 28.2 Å². The molecule has 2 rings (SSSR count). The largest absolute Gasteiger partial charge is 0.378 e. The van der Waals surface area contributed by atoms with E-state index in [2.05, 4.69) is 58.2 Å². The molecule has 0 bridgehead atoms. The Hall–Kier alpha value is -0.580. The summed E-state index contributed by atoms with van der Waals surface area (Å²) in [6.07, 6.45) is 0. The Morgan fingerprint density at radius 2 is 2.11 bits per heavy atom. The highest BCUT2D eigenvalue weighted by Gasteiger charge is 2.14. The molecule has 3 nitrogen and oxygen atoms in total. The van der Waals surface area contributed by atoms with Crippen LogP contribution in [0.1, 0.15) is 25.5 Å². The first-order valence-corrected chi connectivity index (χ1v) is 7.37. The molecular formula is C14H21BrN2O. The number of hydrogen-bond donors (Lipinski definition) is 1. The summed E-state index contributed by atoms with van der Waals surface area (Å²) >= 11 is 3.69. The number of hydrogen-bond acceptors (Lipinski definition) is 3. The van der Waals surface area contributed by atoms with Gasteiger partial charge in [0.1, 0.15) is 0 Å². The van der Waals surface area contributed by atoms with Crippen LogP contribution in [0.5, 0.6) is 0 Å². The zero-order valence-corrected chi connectivity index (χ0v) is 12.7. The molecule has 0 radical (unpaired) electrons. The first-order chi connectivity index (χ1) is 8.72. The minimum atomic E-state index is 0.378. The van der Waals surface area contributed by atoms with E-state index in [1.54, 1.807) is 0 Å². The summed E-state index contributed by atoms with van der Waals surface area (Å²) in [6.45, 7) is 8.92. The van der Waals surface area contributed by atoms with Gasteiger partial charge in [-0.25, -0.2) is 0 Å². The smallest absolute Gasteiger partial charge is 0.0642 e. The maximum atomic E-state index is 5.38. The SMILES string of the molecule is CCNC(C)c1ccc(N2CCOCC2)cc1Br. The standard InChI is InChI=1S/C14H21BrN2O/c1-3-16-11(2)13-5-4-12(10-14(13)15)17-6-8-18-9-7-17/h4-5,10-11,16H,3,6-9H2,1-2H3. The molecule has 1 aliphatic rings. The third-order valence-corrected chi connectivity index (χ3v) is 4.02. The molecule has 1 N–H and O–H groups in total. The number of benzene rings is 1. The van der Waals surface area contributed by atoms with E-state index in [1.807, 2.05) is 0 Å². The van der Waals surface area contributed by atoms with E-state index < -0.39 is 0 Å². The molecule has 0 aromatic heterocycles. The van der Waals surface area contributed by atoms with Gasteiger partial charge in [-0.15, -0.1) is 0 Å². The second-order valence-corrected chi connectivity index (χ2v) is 5.44. The molecule has 1 aromatic carbocycles. The third-order valence-electron chi connectivity index (χ3n) is 3.34. The number of nitrogens with zero attached hydrogens (tertiary/aromatic N) is 1. The van der Waals surface area contributed by atoms with Crippen LogP contribution in [0.4, 0.5) is 5.69 Å². The first-order valence-electron chi connectivity index (χ1n) is 6.58. The second-order valence-electron chi connectivity index (χ2n) is 4.58. The molecule has 1 unspecified atom stereocenters. The Kier molecular flexibility index (Phi) is 5.03. The van der Waals surface area contributed by atoms with Gasteiger partial charge in [0, 0.05) is 29.3 Å². The summed E-state index contributed by atoms with van der Waals surface area (Å²) in [6, 6.07) is 7.01. The molecule has 1 aliphatic heterocycles. The lowest BCUT2D eigenvalue weighted by Crippen LogP contribution is -2.36. The van der Waals surface area contributed by atoms with Crippen LogP contribution in [0.25, 0.3) is 0 Å². The lowest BCUT2D eigenvalue weighted by molar-refractivity contribution is 0.122. The van der Waals surface area contributed by atoms with E-state index in [4.69, 9.17) is 4.74 Å². The minimum Gasteiger partial charge on any atom is -0.378 e. The summed E-state index contributed by atoms with van der Waals surface area (Å²) < 4.78 is 6.56. The Bertz CT molecular complexity index is 391. The molecule has 0 amide bonds. The van der Waals surface area contributed by atoms with Gasteiger partial charge in [-0.2, -0.15) is 0 Å². The molecule has 1 heterocycles. The summed E-state index contributed by atoms with van der Waals surface area (Å²) in [4.78, 5) is 2.37. The number of rotatable bonds is 4. The van der Waals surface area contributed by atoms with Gasteiger partial charge < -0.3 is 15.0 Å². The molecule has 1 fully saturated rings. The van der Waals surface area contributed by atoms with Gasteiger partial charge in [0.05, 0.1) is 13.2 Å². The fraction of sp³-hybridized carbons (Fsp3) is 0.571. The highest BCUT2D eigenvalue weighted by atomic mass is 79.9. The van der Waals surface area contributed by atoms with Crippen LogP contribution in [0.2, 0.25) is 0 Å². The number of anilines is 1. The monoisotopic (exact) mass is 312 g/mol. The Labute approximate surface area is 118 Å². The average Bonchev–Trinajstić information content (AvgIpc) is 2.40. The average molecular weight is 313 g/mol. The molecule has 100 valence electrons. The number of halogens is 1. The zero-order valence-electron chi connectivity index (χ0n) is 11.1. The van der Waals surface area contributed by atoms with Gasteiger partial charge in [-0.1, -0.05) is 28.9 Å². The van der Waals surface area contributed by atoms with Crippen molar-refractivity contribution >= 4 is 21.6 Å². The molecule has 1 atom stereocenters. The van der Waals surface area contributed by atoms with Crippen molar-refractivity contribution in [2.45, 2.75) is 19.9 Å². The van der Waals surface area contributed by atoms with E-state index in [-0.39, 0.29) is 0 Å². The normalized spacial score (nSPS) is 17.8. The van der Waals surface area contributed by atoms with Crippen molar-refractivity contribution in [2.75, 3.05) is 37.7 Å². The first kappa shape index (κ1) is 13.8. The fourth-order valence-electron chi connectivity index (χ4n) is 2.30. The molecule has 1 aromatic rings. The second kappa shape index (κ2) is 6.55. The van der Waals surface area contributed by atoms with Gasteiger partial charge >= 0.3 is 0 Å². The quantitative estimate of drug-likeness (QED) is 0.925. The molecule has 0 aliphatic carbocycles. The van der Waals surface area contributed by atoms with Crippen molar-refractivity contribution < 1.29 is 4.74 Å². The lowest BCUT2D eigenvalue weighted by atomic mass is 10.1. The van der Waals surface area contributed by atoms with Crippen molar-refractivity contribution in [3.8, 4) is 0 Å². The van der Waals surface area contributed by atoms with Crippen molar-refractivity contribution in [1.29, 1.82) is 0 Å². The van der Waals surface area contributed by atoms with Gasteiger partial charge in [0.2, 0.25) is 0 Å². The highest BCUT2D eigenvalue weighted by molar-refractivity contribution is 9.10. The van der Waals surface area contributed by atoms with Gasteiger partial charge in [-0.05, 0) is 31.2 Å². The van der Waals surface area contributed by atoms with E-state index in [1.165, 1.54) is 15.7 Å². The summed E-state index contributed by atoms with van der Waals surface area (Å²) in [5, 5.41) is 3.44. The zero-order chi connectivity index (χ0) is 13.0. The number of ether oxygens (including phenoxy) is 1. The van der Waals surface area contributed by atoms with Crippen molar-refractivity contribution in [1.82, 2.24) is 5.32 Å². The van der Waals surface area contributed by atoms with Crippen LogP contribution in [-0.4, -0.2) is 32.8 Å². The maximum Gasteiger partial charge on any atom is 0.0642 e. The van der Waals surface area contributed by atoms with Gasteiger partial charge in [-0.3, -0.25) is 0 Å². The molecular weight excluding hydrogens is 292 g/mol. The van der Waals surface area contributed by atoms with Crippen LogP contribution >= 0.6 is 15.9 Å². The van der Waals surface area contributed by atoms with E-state index in [0.717, 1.165) is 32.8 Å². The summed E-state index contributed by atoms with van der Waals surface area (Å²) in [5.74, 6) is 0. The Balaban J connectivity index is 2.13. The Morgan fingerprint density at radius 1 is 1.39 bits per heavy atom. The van der Waals surface area contributed by atoms with E-state index in [9.17, 15) is 0 Å². The van der Waals surface area contributed by atoms with E-state index in [0.29, 0.717) is 6.04 Å². The predicted molar refractivity (Wildman–Crippen MR) is 79.3 cm³/mol. The maximum absolute atomic E-state index is 5.38. The predicted octanol–water partition coefficient (Wildman–Crippen LogP) is 2.96. The van der Waals surface area contributed by atoms with Crippen LogP contribution in [0.3, 0.4) is 0 Å². The van der Waals surface area contributed by atoms with Crippen LogP contribution in [0.15, 0.2) is 22.7 Å². The molecule has 0 spiro atoms. The topological polar surface area (TPSA) is 24.5 Å².